The van der Waals surface area contributed by atoms with E-state index in [4.69, 9.17) is 0 Å². The second kappa shape index (κ2) is 6.60. The van der Waals surface area contributed by atoms with Gasteiger partial charge in [0.05, 0.1) is 6.04 Å². The molecule has 1 aliphatic heterocycles. The Hall–Kier alpha value is -2.04. The Labute approximate surface area is 137 Å². The first-order valence-corrected chi connectivity index (χ1v) is 8.48. The summed E-state index contributed by atoms with van der Waals surface area (Å²) in [6.07, 6.45) is 3.77. The van der Waals surface area contributed by atoms with Crippen LogP contribution in [0.4, 0.5) is 4.79 Å². The molecule has 1 saturated carbocycles. The van der Waals surface area contributed by atoms with Gasteiger partial charge in [0.2, 0.25) is 5.91 Å². The summed E-state index contributed by atoms with van der Waals surface area (Å²) in [6.45, 7) is 4.66. The lowest BCUT2D eigenvalue weighted by Gasteiger charge is -2.26. The summed E-state index contributed by atoms with van der Waals surface area (Å²) in [6, 6.07) is 7.94. The van der Waals surface area contributed by atoms with E-state index in [2.05, 4.69) is 10.6 Å². The molecule has 2 unspecified atom stereocenters. The van der Waals surface area contributed by atoms with Crippen LogP contribution in [0.25, 0.3) is 0 Å². The minimum absolute atomic E-state index is 0.00291. The van der Waals surface area contributed by atoms with Gasteiger partial charge >= 0.3 is 6.03 Å². The largest absolute Gasteiger partial charge is 0.352 e. The number of likely N-dealkylation sites (tertiary alicyclic amines) is 1. The molecule has 124 valence electrons. The number of urea groups is 1. The predicted molar refractivity (Wildman–Crippen MR) is 89.0 cm³/mol. The van der Waals surface area contributed by atoms with E-state index in [1.807, 2.05) is 38.1 Å². The molecule has 0 radical (unpaired) electrons. The highest BCUT2D eigenvalue weighted by Crippen LogP contribution is 2.23. The molecule has 5 nitrogen and oxygen atoms in total. The van der Waals surface area contributed by atoms with Crippen molar-refractivity contribution in [1.29, 1.82) is 0 Å². The van der Waals surface area contributed by atoms with E-state index < -0.39 is 0 Å². The fourth-order valence-corrected chi connectivity index (χ4v) is 3.01. The Morgan fingerprint density at radius 1 is 1.17 bits per heavy atom. The van der Waals surface area contributed by atoms with Crippen LogP contribution < -0.4 is 10.6 Å². The summed E-state index contributed by atoms with van der Waals surface area (Å²) in [5.74, 6) is 0.00291. The van der Waals surface area contributed by atoms with Crippen LogP contribution in [0.1, 0.15) is 49.8 Å². The molecular formula is C18H25N3O2. The van der Waals surface area contributed by atoms with Crippen molar-refractivity contribution in [3.8, 4) is 0 Å². The number of rotatable bonds is 4. The van der Waals surface area contributed by atoms with Crippen molar-refractivity contribution in [3.05, 3.63) is 35.4 Å². The van der Waals surface area contributed by atoms with Gasteiger partial charge in [0, 0.05) is 12.6 Å². The molecule has 1 aliphatic carbocycles. The summed E-state index contributed by atoms with van der Waals surface area (Å²) in [4.78, 5) is 26.5. The Morgan fingerprint density at radius 2 is 1.87 bits per heavy atom. The van der Waals surface area contributed by atoms with Crippen molar-refractivity contribution in [2.75, 3.05) is 6.54 Å². The van der Waals surface area contributed by atoms with Gasteiger partial charge in [-0.3, -0.25) is 4.79 Å². The maximum Gasteiger partial charge on any atom is 0.318 e. The summed E-state index contributed by atoms with van der Waals surface area (Å²) in [7, 11) is 0. The van der Waals surface area contributed by atoms with E-state index in [0.717, 1.165) is 31.2 Å². The maximum atomic E-state index is 12.5. The number of nitrogens with zero attached hydrogens (tertiary/aromatic N) is 1. The van der Waals surface area contributed by atoms with E-state index in [1.165, 1.54) is 5.56 Å². The highest BCUT2D eigenvalue weighted by molar-refractivity contribution is 5.88. The zero-order chi connectivity index (χ0) is 16.4. The highest BCUT2D eigenvalue weighted by Gasteiger charge is 2.36. The van der Waals surface area contributed by atoms with Crippen LogP contribution in [-0.4, -0.2) is 35.5 Å². The van der Waals surface area contributed by atoms with Crippen LogP contribution in [0.15, 0.2) is 24.3 Å². The predicted octanol–water partition coefficient (Wildman–Crippen LogP) is 2.51. The molecule has 2 aliphatic rings. The number of hydrogen-bond donors (Lipinski definition) is 2. The molecule has 2 N–H and O–H groups in total. The van der Waals surface area contributed by atoms with Crippen LogP contribution in [0.5, 0.6) is 0 Å². The van der Waals surface area contributed by atoms with Gasteiger partial charge in [-0.1, -0.05) is 29.8 Å². The lowest BCUT2D eigenvalue weighted by molar-refractivity contribution is -0.124. The standard InChI is InChI=1S/C18H25N3O2/c1-12-5-7-14(8-6-12)13(2)19-18(23)21-11-3-4-16(21)17(22)20-15-9-10-15/h5-8,13,15-16H,3-4,9-11H2,1-2H3,(H,19,23)(H,20,22). The Balaban J connectivity index is 1.59. The van der Waals surface area contributed by atoms with Crippen molar-refractivity contribution in [3.63, 3.8) is 0 Å². The molecule has 1 aromatic carbocycles. The molecule has 2 atom stereocenters. The van der Waals surface area contributed by atoms with Crippen molar-refractivity contribution >= 4 is 11.9 Å². The maximum absolute atomic E-state index is 12.5. The molecule has 1 heterocycles. The number of amides is 3. The summed E-state index contributed by atoms with van der Waals surface area (Å²) in [5, 5.41) is 6.03. The molecule has 0 bridgehead atoms. The molecular weight excluding hydrogens is 290 g/mol. The third-order valence-electron chi connectivity index (χ3n) is 4.66. The summed E-state index contributed by atoms with van der Waals surface area (Å²) >= 11 is 0. The normalized spacial score (nSPS) is 21.8. The first-order chi connectivity index (χ1) is 11.0. The molecule has 3 amide bonds. The van der Waals surface area contributed by atoms with Crippen LogP contribution >= 0.6 is 0 Å². The molecule has 0 aromatic heterocycles. The van der Waals surface area contributed by atoms with Crippen LogP contribution in [0.3, 0.4) is 0 Å². The molecule has 5 heteroatoms. The van der Waals surface area contributed by atoms with E-state index in [0.29, 0.717) is 12.6 Å². The van der Waals surface area contributed by atoms with E-state index in [-0.39, 0.29) is 24.0 Å². The highest BCUT2D eigenvalue weighted by atomic mass is 16.2. The van der Waals surface area contributed by atoms with Gasteiger partial charge in [0.1, 0.15) is 6.04 Å². The molecule has 3 rings (SSSR count). The minimum Gasteiger partial charge on any atom is -0.352 e. The summed E-state index contributed by atoms with van der Waals surface area (Å²) < 4.78 is 0. The van der Waals surface area contributed by atoms with Crippen LogP contribution in [0.2, 0.25) is 0 Å². The van der Waals surface area contributed by atoms with Gasteiger partial charge in [-0.2, -0.15) is 0 Å². The van der Waals surface area contributed by atoms with E-state index in [1.54, 1.807) is 4.90 Å². The molecule has 1 saturated heterocycles. The number of nitrogens with one attached hydrogen (secondary N) is 2. The molecule has 23 heavy (non-hydrogen) atoms. The zero-order valence-corrected chi connectivity index (χ0v) is 13.8. The van der Waals surface area contributed by atoms with Crippen LogP contribution in [-0.2, 0) is 4.79 Å². The van der Waals surface area contributed by atoms with Crippen molar-refractivity contribution in [2.24, 2.45) is 0 Å². The first kappa shape index (κ1) is 15.8. The first-order valence-electron chi connectivity index (χ1n) is 8.48. The molecule has 0 spiro atoms. The number of aryl methyl sites for hydroxylation is 1. The Kier molecular flexibility index (Phi) is 4.55. The van der Waals surface area contributed by atoms with Crippen molar-refractivity contribution < 1.29 is 9.59 Å². The van der Waals surface area contributed by atoms with Gasteiger partial charge in [-0.15, -0.1) is 0 Å². The van der Waals surface area contributed by atoms with Gasteiger partial charge in [-0.05, 0) is 45.1 Å². The number of hydrogen-bond acceptors (Lipinski definition) is 2. The third-order valence-corrected chi connectivity index (χ3v) is 4.66. The van der Waals surface area contributed by atoms with Gasteiger partial charge in [0.25, 0.3) is 0 Å². The third kappa shape index (κ3) is 3.84. The van der Waals surface area contributed by atoms with E-state index >= 15 is 0 Å². The zero-order valence-electron chi connectivity index (χ0n) is 13.8. The van der Waals surface area contributed by atoms with Crippen molar-refractivity contribution in [1.82, 2.24) is 15.5 Å². The quantitative estimate of drug-likeness (QED) is 0.897. The second-order valence-electron chi connectivity index (χ2n) is 6.72. The van der Waals surface area contributed by atoms with Gasteiger partial charge in [0.15, 0.2) is 0 Å². The summed E-state index contributed by atoms with van der Waals surface area (Å²) in [5.41, 5.74) is 2.27. The molecule has 2 fully saturated rings. The second-order valence-corrected chi connectivity index (χ2v) is 6.72. The average Bonchev–Trinajstić information content (AvgIpc) is 3.19. The fraction of sp³-hybridized carbons (Fsp3) is 0.556. The van der Waals surface area contributed by atoms with Crippen molar-refractivity contribution in [2.45, 2.75) is 57.7 Å². The smallest absolute Gasteiger partial charge is 0.318 e. The number of carbonyl (C=O) groups is 2. The Morgan fingerprint density at radius 3 is 2.52 bits per heavy atom. The lowest BCUT2D eigenvalue weighted by atomic mass is 10.1. The fourth-order valence-electron chi connectivity index (χ4n) is 3.01. The van der Waals surface area contributed by atoms with Gasteiger partial charge < -0.3 is 15.5 Å². The monoisotopic (exact) mass is 315 g/mol. The molecule has 1 aromatic rings. The topological polar surface area (TPSA) is 61.4 Å². The lowest BCUT2D eigenvalue weighted by Crippen LogP contribution is -2.50. The number of carbonyl (C=O) groups excluding carboxylic acids is 2. The van der Waals surface area contributed by atoms with Crippen LogP contribution in [0, 0.1) is 6.92 Å². The average molecular weight is 315 g/mol. The number of benzene rings is 1. The SMILES string of the molecule is Cc1ccc(C(C)NC(=O)N2CCCC2C(=O)NC2CC2)cc1. The minimum atomic E-state index is -0.319. The van der Waals surface area contributed by atoms with Gasteiger partial charge in [-0.25, -0.2) is 4.79 Å². The Bertz CT molecular complexity index is 580. The van der Waals surface area contributed by atoms with E-state index in [9.17, 15) is 9.59 Å².